The number of hydrogen-bond donors (Lipinski definition) is 2. The number of amides is 2. The van der Waals surface area contributed by atoms with Crippen LogP contribution in [0.5, 0.6) is 0 Å². The van der Waals surface area contributed by atoms with Crippen LogP contribution < -0.4 is 27.5 Å². The lowest BCUT2D eigenvalue weighted by molar-refractivity contribution is -0.139. The van der Waals surface area contributed by atoms with Gasteiger partial charge in [0.1, 0.15) is 60.7 Å². The van der Waals surface area contributed by atoms with Crippen LogP contribution in [-0.2, 0) is 15.0 Å². The van der Waals surface area contributed by atoms with Crippen molar-refractivity contribution in [2.45, 2.75) is 22.8 Å². The first-order chi connectivity index (χ1) is 12.7. The van der Waals surface area contributed by atoms with E-state index in [0.29, 0.717) is 22.4 Å². The summed E-state index contributed by atoms with van der Waals surface area (Å²) in [5.74, 6) is -0.471. The van der Waals surface area contributed by atoms with E-state index in [1.165, 1.54) is 4.57 Å². The van der Waals surface area contributed by atoms with Gasteiger partial charge in [0.15, 0.2) is 0 Å². The fraction of sp³-hybridized carbons (Fsp3) is 0.286. The number of imide groups is 1. The van der Waals surface area contributed by atoms with Crippen LogP contribution in [0.2, 0.25) is 10.4 Å². The predicted octanol–water partition coefficient (Wildman–Crippen LogP) is -8.49. The van der Waals surface area contributed by atoms with Crippen molar-refractivity contribution in [3.05, 3.63) is 22.2 Å². The number of anilines is 1. The van der Waals surface area contributed by atoms with Crippen molar-refractivity contribution >= 4 is 94.3 Å². The fourth-order valence-electron chi connectivity index (χ4n) is 4.29. The zero-order chi connectivity index (χ0) is 21.4. The Morgan fingerprint density at radius 1 is 1.04 bits per heavy atom. The topological polar surface area (TPSA) is 107 Å². The minimum absolute atomic E-state index is 0.308. The SMILES string of the molecule is Bc1cc(B)c2nc(C)n(C3(B)C(=O)NC(=O)C(B)(B)C3(B)B)c(=O)c2c1N. The summed E-state index contributed by atoms with van der Waals surface area (Å²) in [7, 11) is 12.7. The van der Waals surface area contributed by atoms with Gasteiger partial charge in [0.05, 0.1) is 16.3 Å². The Balaban J connectivity index is 2.50. The van der Waals surface area contributed by atoms with Gasteiger partial charge in [-0.1, -0.05) is 22.2 Å². The van der Waals surface area contributed by atoms with Gasteiger partial charge in [0.2, 0.25) is 11.8 Å². The maximum absolute atomic E-state index is 13.7. The molecule has 1 aromatic carbocycles. The highest BCUT2D eigenvalue weighted by Gasteiger charge is 2.62. The molecule has 1 atom stereocenters. The molecular weight excluding hydrogens is 348 g/mol. The summed E-state index contributed by atoms with van der Waals surface area (Å²) >= 11 is 0. The number of nitrogen functional groups attached to an aromatic ring is 1. The molecule has 0 bridgehead atoms. The smallest absolute Gasteiger partial charge is 0.263 e. The molecule has 14 heteroatoms. The molecule has 1 aliphatic rings. The number of benzene rings is 1. The van der Waals surface area contributed by atoms with Crippen LogP contribution >= 0.6 is 0 Å². The van der Waals surface area contributed by atoms with Crippen LogP contribution in [0.4, 0.5) is 5.69 Å². The monoisotopic (exact) mass is 370 g/mol. The second-order valence-electron chi connectivity index (χ2n) is 9.05. The van der Waals surface area contributed by atoms with Crippen molar-refractivity contribution in [1.82, 2.24) is 14.9 Å². The largest absolute Gasteiger partial charge is 0.398 e. The molecule has 3 N–H and O–H groups in total. The van der Waals surface area contributed by atoms with E-state index in [0.717, 1.165) is 10.9 Å². The number of aromatic nitrogens is 2. The lowest BCUT2D eigenvalue weighted by atomic mass is 9.21. The number of fused-ring (bicyclic) bond motifs is 1. The van der Waals surface area contributed by atoms with Crippen molar-refractivity contribution in [2.24, 2.45) is 0 Å². The molecule has 1 saturated heterocycles. The number of nitrogens with one attached hydrogen (secondary N) is 1. The highest BCUT2D eigenvalue weighted by molar-refractivity contribution is 6.66. The molecule has 1 aliphatic heterocycles. The number of nitrogens with two attached hydrogens (primary N) is 1. The summed E-state index contributed by atoms with van der Waals surface area (Å²) < 4.78 is 1.41. The van der Waals surface area contributed by atoms with E-state index >= 15 is 0 Å². The van der Waals surface area contributed by atoms with Crippen LogP contribution in [-0.4, -0.2) is 76.3 Å². The molecule has 3 rings (SSSR count). The normalized spacial score (nSPS) is 23.5. The van der Waals surface area contributed by atoms with E-state index in [1.807, 2.05) is 37.5 Å². The summed E-state index contributed by atoms with van der Waals surface area (Å²) in [6.07, 6.45) is 0. The van der Waals surface area contributed by atoms with E-state index in [1.54, 1.807) is 30.5 Å². The highest BCUT2D eigenvalue weighted by Crippen LogP contribution is 2.54. The predicted molar refractivity (Wildman–Crippen MR) is 131 cm³/mol. The Morgan fingerprint density at radius 3 is 2.18 bits per heavy atom. The van der Waals surface area contributed by atoms with Gasteiger partial charge in [-0.05, 0) is 12.1 Å². The second-order valence-corrected chi connectivity index (χ2v) is 9.05. The van der Waals surface area contributed by atoms with E-state index < -0.39 is 21.8 Å². The van der Waals surface area contributed by atoms with Crippen molar-refractivity contribution in [2.75, 3.05) is 5.73 Å². The third kappa shape index (κ3) is 2.26. The van der Waals surface area contributed by atoms with Crippen LogP contribution in [0, 0.1) is 6.92 Å². The number of nitrogens with zero attached hydrogens (tertiary/aromatic N) is 2. The number of rotatable bonds is 1. The quantitative estimate of drug-likeness (QED) is 0.295. The van der Waals surface area contributed by atoms with E-state index in [4.69, 9.17) is 5.73 Å². The number of carbonyl (C=O) groups is 2. The number of aryl methyl sites for hydroxylation is 1. The fourth-order valence-corrected chi connectivity index (χ4v) is 4.29. The molecule has 2 heterocycles. The first-order valence-electron chi connectivity index (χ1n) is 9.35. The summed E-state index contributed by atoms with van der Waals surface area (Å²) in [5, 5.41) is 0.989. The van der Waals surface area contributed by atoms with E-state index in [-0.39, 0.29) is 11.5 Å². The number of carbonyl (C=O) groups excluding carboxylic acids is 2. The maximum Gasteiger partial charge on any atom is 0.263 e. The molecule has 0 spiro atoms. The Kier molecular flexibility index (Phi) is 4.30. The molecule has 1 fully saturated rings. The second kappa shape index (κ2) is 5.88. The molecule has 7 nitrogen and oxygen atoms in total. The summed E-state index contributed by atoms with van der Waals surface area (Å²) in [6.45, 7) is 1.70. The molecule has 1 unspecified atom stereocenters. The van der Waals surface area contributed by atoms with Gasteiger partial charge in [0.25, 0.3) is 5.56 Å². The minimum Gasteiger partial charge on any atom is -0.398 e. The number of piperidine rings is 1. The third-order valence-electron chi connectivity index (χ3n) is 7.22. The molecule has 28 heavy (non-hydrogen) atoms. The van der Waals surface area contributed by atoms with E-state index in [9.17, 15) is 14.4 Å². The first-order valence-corrected chi connectivity index (χ1v) is 9.35. The van der Waals surface area contributed by atoms with Crippen LogP contribution in [0.1, 0.15) is 5.82 Å². The minimum atomic E-state index is -1.34. The lowest BCUT2D eigenvalue weighted by Crippen LogP contribution is -2.71. The maximum atomic E-state index is 13.7. The third-order valence-corrected chi connectivity index (χ3v) is 7.22. The van der Waals surface area contributed by atoms with Gasteiger partial charge < -0.3 is 5.73 Å². The Morgan fingerprint density at radius 2 is 1.61 bits per heavy atom. The van der Waals surface area contributed by atoms with Crippen molar-refractivity contribution < 1.29 is 9.59 Å². The zero-order valence-electron chi connectivity index (χ0n) is 17.8. The molecule has 0 radical (unpaired) electrons. The van der Waals surface area contributed by atoms with Gasteiger partial charge in [-0.3, -0.25) is 24.3 Å². The Bertz CT molecular complexity index is 1130. The first kappa shape index (κ1) is 20.5. The number of hydrogen-bond acceptors (Lipinski definition) is 5. The van der Waals surface area contributed by atoms with Gasteiger partial charge in [-0.15, -0.1) is 0 Å². The van der Waals surface area contributed by atoms with Crippen molar-refractivity contribution in [1.29, 1.82) is 0 Å². The van der Waals surface area contributed by atoms with Crippen LogP contribution in [0.15, 0.2) is 10.9 Å². The molecule has 2 amide bonds. The average molecular weight is 369 g/mol. The van der Waals surface area contributed by atoms with Crippen molar-refractivity contribution in [3.8, 4) is 0 Å². The standard InChI is InChI=1S/C14H21B7N4O3/c1-3-23-8-5(16)2-4(15)7(22)6(8)9(26)25(3)13(19)11(28)24-10(27)12(17,18)14(13,20)21/h2H,15-22H2,1H3,(H,24,27,28). The Hall–Kier alpha value is -2.25. The van der Waals surface area contributed by atoms with Gasteiger partial charge >= 0.3 is 0 Å². The molecule has 136 valence electrons. The molecule has 0 saturated carbocycles. The van der Waals surface area contributed by atoms with Gasteiger partial charge in [-0.2, -0.15) is 0 Å². The van der Waals surface area contributed by atoms with Gasteiger partial charge in [0, 0.05) is 5.69 Å². The van der Waals surface area contributed by atoms with Crippen LogP contribution in [0.3, 0.4) is 0 Å². The summed E-state index contributed by atoms with van der Waals surface area (Å²) in [6, 6.07) is 1.90. The molecule has 0 aliphatic carbocycles. The van der Waals surface area contributed by atoms with Crippen LogP contribution in [0.25, 0.3) is 10.9 Å². The lowest BCUT2D eigenvalue weighted by Gasteiger charge is -2.56. The zero-order valence-corrected chi connectivity index (χ0v) is 17.8. The molecular formula is C14H21B7N4O3. The summed E-state index contributed by atoms with van der Waals surface area (Å²) in [4.78, 5) is 44.0. The highest BCUT2D eigenvalue weighted by atomic mass is 16.2. The Labute approximate surface area is 169 Å². The van der Waals surface area contributed by atoms with Gasteiger partial charge in [-0.25, -0.2) is 4.98 Å². The average Bonchev–Trinajstić information content (AvgIpc) is 2.57. The molecule has 2 aromatic rings. The van der Waals surface area contributed by atoms with E-state index in [2.05, 4.69) is 10.3 Å². The summed E-state index contributed by atoms with van der Waals surface area (Å²) in [5.41, 5.74) is 7.07. The molecule has 1 aromatic heterocycles. The van der Waals surface area contributed by atoms with Crippen molar-refractivity contribution in [3.63, 3.8) is 0 Å².